The largest absolute Gasteiger partial charge is 0.508 e. The Morgan fingerprint density at radius 2 is 2.00 bits per heavy atom. The van der Waals surface area contributed by atoms with Crippen molar-refractivity contribution in [2.75, 3.05) is 19.3 Å². The van der Waals surface area contributed by atoms with Crippen LogP contribution < -0.4 is 10.0 Å². The van der Waals surface area contributed by atoms with Gasteiger partial charge in [0.2, 0.25) is 10.0 Å². The number of hydrogen-bond donors (Lipinski definition) is 4. The number of carbonyl (C=O) groups excluding carboxylic acids is 1. The molecule has 0 bridgehead atoms. The van der Waals surface area contributed by atoms with E-state index in [0.29, 0.717) is 0 Å². The summed E-state index contributed by atoms with van der Waals surface area (Å²) in [6.07, 6.45) is 0. The van der Waals surface area contributed by atoms with Gasteiger partial charge in [0.05, 0.1) is 11.3 Å². The molecule has 4 N–H and O–H groups in total. The lowest BCUT2D eigenvalue weighted by molar-refractivity contribution is 0.0953. The van der Waals surface area contributed by atoms with E-state index in [2.05, 4.69) is 10.0 Å². The lowest BCUT2D eigenvalue weighted by Gasteiger charge is -2.07. The minimum atomic E-state index is -3.38. The van der Waals surface area contributed by atoms with Gasteiger partial charge in [-0.25, -0.2) is 13.1 Å². The first-order chi connectivity index (χ1) is 8.35. The zero-order valence-corrected chi connectivity index (χ0v) is 10.5. The molecule has 0 saturated carbocycles. The number of carbonyl (C=O) groups is 1. The Kier molecular flexibility index (Phi) is 4.51. The fourth-order valence-corrected chi connectivity index (χ4v) is 1.78. The molecule has 0 saturated heterocycles. The molecule has 0 aliphatic carbocycles. The van der Waals surface area contributed by atoms with Crippen LogP contribution in [-0.2, 0) is 10.0 Å². The number of aromatic hydroxyl groups is 2. The Hall–Kier alpha value is -1.80. The molecule has 100 valence electrons. The molecule has 0 aromatic heterocycles. The van der Waals surface area contributed by atoms with Gasteiger partial charge in [-0.05, 0) is 19.2 Å². The molecule has 1 aromatic carbocycles. The SMILES string of the molecule is CNS(=O)(=O)CCNC(=O)c1ccc(O)cc1O. The van der Waals surface area contributed by atoms with Crippen LogP contribution in [0, 0.1) is 0 Å². The maximum Gasteiger partial charge on any atom is 0.255 e. The molecule has 0 aliphatic heterocycles. The predicted octanol–water partition coefficient (Wildman–Crippen LogP) is -0.623. The number of benzene rings is 1. The molecular formula is C10H14N2O5S. The molecular weight excluding hydrogens is 260 g/mol. The second-order valence-corrected chi connectivity index (χ2v) is 5.53. The summed E-state index contributed by atoms with van der Waals surface area (Å²) in [5, 5.41) is 20.8. The van der Waals surface area contributed by atoms with Crippen molar-refractivity contribution in [2.24, 2.45) is 0 Å². The minimum absolute atomic E-state index is 0.0327. The zero-order chi connectivity index (χ0) is 13.8. The summed E-state index contributed by atoms with van der Waals surface area (Å²) in [7, 11) is -2.10. The van der Waals surface area contributed by atoms with Crippen LogP contribution in [0.15, 0.2) is 18.2 Å². The number of nitrogens with one attached hydrogen (secondary N) is 2. The van der Waals surface area contributed by atoms with Gasteiger partial charge >= 0.3 is 0 Å². The van der Waals surface area contributed by atoms with Crippen LogP contribution in [-0.4, -0.2) is 43.9 Å². The molecule has 1 aromatic rings. The topological polar surface area (TPSA) is 116 Å². The fraction of sp³-hybridized carbons (Fsp3) is 0.300. The van der Waals surface area contributed by atoms with Crippen molar-refractivity contribution in [2.45, 2.75) is 0 Å². The van der Waals surface area contributed by atoms with Crippen molar-refractivity contribution in [3.8, 4) is 11.5 Å². The van der Waals surface area contributed by atoms with Crippen LogP contribution in [0.5, 0.6) is 11.5 Å². The van der Waals surface area contributed by atoms with Gasteiger partial charge in [0.15, 0.2) is 0 Å². The third-order valence-corrected chi connectivity index (χ3v) is 3.56. The van der Waals surface area contributed by atoms with Crippen LogP contribution in [0.4, 0.5) is 0 Å². The van der Waals surface area contributed by atoms with E-state index in [-0.39, 0.29) is 29.4 Å². The van der Waals surface area contributed by atoms with E-state index in [1.165, 1.54) is 19.2 Å². The molecule has 8 heteroatoms. The third kappa shape index (κ3) is 3.90. The molecule has 0 atom stereocenters. The highest BCUT2D eigenvalue weighted by Gasteiger charge is 2.13. The highest BCUT2D eigenvalue weighted by molar-refractivity contribution is 7.89. The van der Waals surface area contributed by atoms with Crippen molar-refractivity contribution in [1.29, 1.82) is 0 Å². The maximum atomic E-state index is 11.6. The Labute approximate surface area is 105 Å². The fourth-order valence-electron chi connectivity index (χ4n) is 1.21. The molecule has 0 unspecified atom stereocenters. The number of hydrogen-bond acceptors (Lipinski definition) is 5. The lowest BCUT2D eigenvalue weighted by Crippen LogP contribution is -2.32. The Balaban J connectivity index is 2.61. The first-order valence-corrected chi connectivity index (χ1v) is 6.72. The van der Waals surface area contributed by atoms with E-state index >= 15 is 0 Å². The number of rotatable bonds is 5. The molecule has 0 fully saturated rings. The van der Waals surface area contributed by atoms with Gasteiger partial charge in [-0.2, -0.15) is 0 Å². The van der Waals surface area contributed by atoms with Gasteiger partial charge in [0, 0.05) is 12.6 Å². The van der Waals surface area contributed by atoms with Gasteiger partial charge in [-0.3, -0.25) is 4.79 Å². The quantitative estimate of drug-likeness (QED) is 0.571. The number of amides is 1. The molecule has 18 heavy (non-hydrogen) atoms. The summed E-state index contributed by atoms with van der Waals surface area (Å²) in [5.74, 6) is -1.40. The van der Waals surface area contributed by atoms with E-state index in [1.807, 2.05) is 0 Å². The molecule has 0 aliphatic rings. The monoisotopic (exact) mass is 274 g/mol. The zero-order valence-electron chi connectivity index (χ0n) is 9.67. The van der Waals surface area contributed by atoms with Crippen molar-refractivity contribution >= 4 is 15.9 Å². The Bertz CT molecular complexity index is 541. The van der Waals surface area contributed by atoms with E-state index in [0.717, 1.165) is 6.07 Å². The summed E-state index contributed by atoms with van der Waals surface area (Å²) < 4.78 is 24.3. The standard InChI is InChI=1S/C10H14N2O5S/c1-11-18(16,17)5-4-12-10(15)8-3-2-7(13)6-9(8)14/h2-3,6,11,13-14H,4-5H2,1H3,(H,12,15). The predicted molar refractivity (Wildman–Crippen MR) is 65.0 cm³/mol. The molecule has 0 radical (unpaired) electrons. The average Bonchev–Trinajstić information content (AvgIpc) is 2.28. The summed E-state index contributed by atoms with van der Waals surface area (Å²) >= 11 is 0. The number of phenolic OH excluding ortho intramolecular Hbond substituents is 2. The molecule has 1 rings (SSSR count). The highest BCUT2D eigenvalue weighted by Crippen LogP contribution is 2.22. The van der Waals surface area contributed by atoms with Crippen molar-refractivity contribution in [3.63, 3.8) is 0 Å². The third-order valence-electron chi connectivity index (χ3n) is 2.19. The molecule has 0 heterocycles. The van der Waals surface area contributed by atoms with E-state index in [9.17, 15) is 18.3 Å². The lowest BCUT2D eigenvalue weighted by atomic mass is 10.2. The van der Waals surface area contributed by atoms with Crippen LogP contribution in [0.1, 0.15) is 10.4 Å². The second kappa shape index (κ2) is 5.69. The second-order valence-electron chi connectivity index (χ2n) is 3.48. The number of sulfonamides is 1. The molecule has 7 nitrogen and oxygen atoms in total. The van der Waals surface area contributed by atoms with Gasteiger partial charge in [0.1, 0.15) is 11.5 Å². The Morgan fingerprint density at radius 1 is 1.33 bits per heavy atom. The molecule has 0 spiro atoms. The van der Waals surface area contributed by atoms with Crippen LogP contribution in [0.3, 0.4) is 0 Å². The van der Waals surface area contributed by atoms with Gasteiger partial charge in [-0.1, -0.05) is 0 Å². The summed E-state index contributed by atoms with van der Waals surface area (Å²) in [6.45, 7) is -0.0810. The van der Waals surface area contributed by atoms with Crippen molar-refractivity contribution < 1.29 is 23.4 Å². The van der Waals surface area contributed by atoms with E-state index in [4.69, 9.17) is 5.11 Å². The van der Waals surface area contributed by atoms with Crippen LogP contribution in [0.2, 0.25) is 0 Å². The molecule has 1 amide bonds. The van der Waals surface area contributed by atoms with Gasteiger partial charge in [0.25, 0.3) is 5.91 Å². The smallest absolute Gasteiger partial charge is 0.255 e. The Morgan fingerprint density at radius 3 is 2.56 bits per heavy atom. The maximum absolute atomic E-state index is 11.6. The van der Waals surface area contributed by atoms with Gasteiger partial charge in [-0.15, -0.1) is 0 Å². The normalized spacial score (nSPS) is 11.2. The van der Waals surface area contributed by atoms with E-state index in [1.54, 1.807) is 0 Å². The van der Waals surface area contributed by atoms with Crippen molar-refractivity contribution in [3.05, 3.63) is 23.8 Å². The van der Waals surface area contributed by atoms with Crippen LogP contribution >= 0.6 is 0 Å². The average molecular weight is 274 g/mol. The first kappa shape index (κ1) is 14.3. The minimum Gasteiger partial charge on any atom is -0.508 e. The highest BCUT2D eigenvalue weighted by atomic mass is 32.2. The number of phenols is 2. The summed E-state index contributed by atoms with van der Waals surface area (Å²) in [4.78, 5) is 11.6. The van der Waals surface area contributed by atoms with E-state index < -0.39 is 15.9 Å². The van der Waals surface area contributed by atoms with Gasteiger partial charge < -0.3 is 15.5 Å². The summed E-state index contributed by atoms with van der Waals surface area (Å²) in [6, 6.07) is 3.52. The first-order valence-electron chi connectivity index (χ1n) is 5.07. The van der Waals surface area contributed by atoms with Crippen LogP contribution in [0.25, 0.3) is 0 Å². The summed E-state index contributed by atoms with van der Waals surface area (Å²) in [5.41, 5.74) is -0.0327. The van der Waals surface area contributed by atoms with Crippen molar-refractivity contribution in [1.82, 2.24) is 10.0 Å².